The number of anilines is 2. The van der Waals surface area contributed by atoms with Crippen LogP contribution in [0.25, 0.3) is 10.2 Å². The molecule has 3 N–H and O–H groups in total. The molecule has 0 unspecified atom stereocenters. The van der Waals surface area contributed by atoms with Crippen LogP contribution in [-0.2, 0) is 13.5 Å². The van der Waals surface area contributed by atoms with E-state index in [4.69, 9.17) is 5.73 Å². The molecule has 6 heteroatoms. The van der Waals surface area contributed by atoms with E-state index < -0.39 is 0 Å². The first kappa shape index (κ1) is 12.0. The van der Waals surface area contributed by atoms with Crippen molar-refractivity contribution in [2.75, 3.05) is 17.6 Å². The van der Waals surface area contributed by atoms with Crippen molar-refractivity contribution in [2.45, 2.75) is 6.42 Å². The van der Waals surface area contributed by atoms with Crippen LogP contribution < -0.4 is 11.1 Å². The van der Waals surface area contributed by atoms with E-state index in [2.05, 4.69) is 15.4 Å². The molecule has 0 spiro atoms. The first-order valence-corrected chi connectivity index (χ1v) is 6.96. The lowest BCUT2D eigenvalue weighted by Gasteiger charge is -2.08. The lowest BCUT2D eigenvalue weighted by atomic mass is 10.2. The third kappa shape index (κ3) is 2.39. The minimum absolute atomic E-state index is 0.722. The number of hydrogen-bond acceptors (Lipinski definition) is 5. The van der Waals surface area contributed by atoms with Crippen molar-refractivity contribution in [3.8, 4) is 0 Å². The zero-order valence-electron chi connectivity index (χ0n) is 10.6. The molecule has 2 aromatic heterocycles. The third-order valence-corrected chi connectivity index (χ3v) is 3.80. The third-order valence-electron chi connectivity index (χ3n) is 3.01. The van der Waals surface area contributed by atoms with Crippen LogP contribution in [0.4, 0.5) is 11.4 Å². The molecule has 0 aliphatic carbocycles. The largest absolute Gasteiger partial charge is 0.395 e. The summed E-state index contributed by atoms with van der Waals surface area (Å²) in [5.41, 5.74) is 11.5. The number of fused-ring (bicyclic) bond motifs is 1. The van der Waals surface area contributed by atoms with Crippen molar-refractivity contribution in [2.24, 2.45) is 7.05 Å². The highest BCUT2D eigenvalue weighted by molar-refractivity contribution is 7.16. The molecule has 0 fully saturated rings. The summed E-state index contributed by atoms with van der Waals surface area (Å²) >= 11 is 1.60. The zero-order chi connectivity index (χ0) is 13.2. The summed E-state index contributed by atoms with van der Waals surface area (Å²) < 4.78 is 2.93. The maximum Gasteiger partial charge on any atom is 0.106 e. The molecule has 0 bridgehead atoms. The van der Waals surface area contributed by atoms with Gasteiger partial charge in [0.1, 0.15) is 5.52 Å². The number of nitrogen functional groups attached to an aromatic ring is 1. The number of nitrogens with two attached hydrogens (primary N) is 1. The SMILES string of the molecule is Cn1ccc(CCNc2ccc3scnc3c2N)n1. The molecule has 19 heavy (non-hydrogen) atoms. The van der Waals surface area contributed by atoms with Gasteiger partial charge in [-0.2, -0.15) is 5.10 Å². The van der Waals surface area contributed by atoms with E-state index in [1.807, 2.05) is 41.6 Å². The van der Waals surface area contributed by atoms with Crippen molar-refractivity contribution in [1.82, 2.24) is 14.8 Å². The predicted molar refractivity (Wildman–Crippen MR) is 79.4 cm³/mol. The monoisotopic (exact) mass is 273 g/mol. The van der Waals surface area contributed by atoms with E-state index in [-0.39, 0.29) is 0 Å². The molecule has 0 atom stereocenters. The van der Waals surface area contributed by atoms with E-state index in [9.17, 15) is 0 Å². The molecule has 98 valence electrons. The molecule has 0 amide bonds. The molecular weight excluding hydrogens is 258 g/mol. The van der Waals surface area contributed by atoms with Crippen LogP contribution in [0, 0.1) is 0 Å². The van der Waals surface area contributed by atoms with Gasteiger partial charge in [-0.15, -0.1) is 11.3 Å². The molecule has 1 aromatic carbocycles. The van der Waals surface area contributed by atoms with Gasteiger partial charge >= 0.3 is 0 Å². The Morgan fingerprint density at radius 2 is 2.26 bits per heavy atom. The summed E-state index contributed by atoms with van der Waals surface area (Å²) in [6.07, 6.45) is 2.82. The Morgan fingerprint density at radius 1 is 1.37 bits per heavy atom. The lowest BCUT2D eigenvalue weighted by Crippen LogP contribution is -2.07. The van der Waals surface area contributed by atoms with Gasteiger partial charge in [0.25, 0.3) is 0 Å². The number of hydrogen-bond donors (Lipinski definition) is 2. The number of aryl methyl sites for hydroxylation is 1. The maximum absolute atomic E-state index is 6.11. The highest BCUT2D eigenvalue weighted by Crippen LogP contribution is 2.29. The number of benzene rings is 1. The van der Waals surface area contributed by atoms with E-state index in [0.29, 0.717) is 0 Å². The number of nitrogens with one attached hydrogen (secondary N) is 1. The van der Waals surface area contributed by atoms with Crippen molar-refractivity contribution in [3.05, 3.63) is 35.6 Å². The van der Waals surface area contributed by atoms with Crippen LogP contribution >= 0.6 is 11.3 Å². The fraction of sp³-hybridized carbons (Fsp3) is 0.231. The molecule has 2 heterocycles. The van der Waals surface area contributed by atoms with E-state index >= 15 is 0 Å². The molecule has 0 saturated carbocycles. The standard InChI is InChI=1S/C13H15N5S/c1-18-7-5-9(17-18)4-6-15-10-2-3-11-13(12(10)14)16-8-19-11/h2-3,5,7-8,15H,4,6,14H2,1H3. The van der Waals surface area contributed by atoms with Crippen LogP contribution in [0.1, 0.15) is 5.69 Å². The predicted octanol–water partition coefficient (Wildman–Crippen LogP) is 2.27. The smallest absolute Gasteiger partial charge is 0.106 e. The molecule has 0 radical (unpaired) electrons. The number of thiazole rings is 1. The average Bonchev–Trinajstić information content (AvgIpc) is 3.01. The first-order chi connectivity index (χ1) is 9.24. The Morgan fingerprint density at radius 3 is 3.05 bits per heavy atom. The Kier molecular flexibility index (Phi) is 3.08. The van der Waals surface area contributed by atoms with Gasteiger partial charge in [0.05, 0.1) is 27.3 Å². The van der Waals surface area contributed by atoms with Gasteiger partial charge in [-0.3, -0.25) is 4.68 Å². The highest BCUT2D eigenvalue weighted by Gasteiger charge is 2.06. The Bertz CT molecular complexity index is 700. The molecule has 5 nitrogen and oxygen atoms in total. The summed E-state index contributed by atoms with van der Waals surface area (Å²) in [5, 5.41) is 7.68. The number of aromatic nitrogens is 3. The van der Waals surface area contributed by atoms with Gasteiger partial charge < -0.3 is 11.1 Å². The minimum atomic E-state index is 0.722. The second-order valence-corrected chi connectivity index (χ2v) is 5.27. The van der Waals surface area contributed by atoms with Crippen molar-refractivity contribution >= 4 is 32.9 Å². The summed E-state index contributed by atoms with van der Waals surface area (Å²) in [6.45, 7) is 0.802. The number of nitrogens with zero attached hydrogens (tertiary/aromatic N) is 3. The Balaban J connectivity index is 1.69. The van der Waals surface area contributed by atoms with Crippen LogP contribution in [0.2, 0.25) is 0 Å². The van der Waals surface area contributed by atoms with E-state index in [1.165, 1.54) is 0 Å². The molecular formula is C13H15N5S. The molecule has 0 aliphatic rings. The topological polar surface area (TPSA) is 68.8 Å². The van der Waals surface area contributed by atoms with Gasteiger partial charge in [0.15, 0.2) is 0 Å². The summed E-state index contributed by atoms with van der Waals surface area (Å²) in [4.78, 5) is 4.29. The fourth-order valence-corrected chi connectivity index (χ4v) is 2.72. The van der Waals surface area contributed by atoms with Gasteiger partial charge in [-0.05, 0) is 18.2 Å². The Labute approximate surface area is 115 Å². The second-order valence-electron chi connectivity index (χ2n) is 4.38. The van der Waals surface area contributed by atoms with Crippen LogP contribution in [0.5, 0.6) is 0 Å². The Hall–Kier alpha value is -2.08. The van der Waals surface area contributed by atoms with Crippen molar-refractivity contribution < 1.29 is 0 Å². The van der Waals surface area contributed by atoms with Gasteiger partial charge in [0.2, 0.25) is 0 Å². The molecule has 3 rings (SSSR count). The maximum atomic E-state index is 6.11. The molecule has 0 aliphatic heterocycles. The van der Waals surface area contributed by atoms with E-state index in [1.54, 1.807) is 11.3 Å². The first-order valence-electron chi connectivity index (χ1n) is 6.08. The summed E-state index contributed by atoms with van der Waals surface area (Å²) in [6, 6.07) is 6.08. The van der Waals surface area contributed by atoms with Gasteiger partial charge in [-0.25, -0.2) is 4.98 Å². The van der Waals surface area contributed by atoms with Crippen molar-refractivity contribution in [1.29, 1.82) is 0 Å². The van der Waals surface area contributed by atoms with Crippen LogP contribution in [0.15, 0.2) is 29.9 Å². The lowest BCUT2D eigenvalue weighted by molar-refractivity contribution is 0.742. The van der Waals surface area contributed by atoms with Gasteiger partial charge in [-0.1, -0.05) is 0 Å². The molecule has 0 saturated heterocycles. The second kappa shape index (κ2) is 4.89. The van der Waals surface area contributed by atoms with Crippen molar-refractivity contribution in [3.63, 3.8) is 0 Å². The van der Waals surface area contributed by atoms with E-state index in [0.717, 1.165) is 40.3 Å². The summed E-state index contributed by atoms with van der Waals surface area (Å²) in [7, 11) is 1.92. The average molecular weight is 273 g/mol. The zero-order valence-corrected chi connectivity index (χ0v) is 11.4. The van der Waals surface area contributed by atoms with Crippen LogP contribution in [-0.4, -0.2) is 21.3 Å². The van der Waals surface area contributed by atoms with Gasteiger partial charge in [0, 0.05) is 26.2 Å². The minimum Gasteiger partial charge on any atom is -0.395 e. The molecule has 3 aromatic rings. The fourth-order valence-electron chi connectivity index (χ4n) is 2.03. The number of rotatable bonds is 4. The van der Waals surface area contributed by atoms with Crippen LogP contribution in [0.3, 0.4) is 0 Å². The summed E-state index contributed by atoms with van der Waals surface area (Å²) in [5.74, 6) is 0. The quantitative estimate of drug-likeness (QED) is 0.715. The normalized spacial score (nSPS) is 11.0. The highest BCUT2D eigenvalue weighted by atomic mass is 32.1.